The third kappa shape index (κ3) is 2.74. The van der Waals surface area contributed by atoms with Crippen molar-refractivity contribution < 1.29 is 18.6 Å². The maximum absolute atomic E-state index is 12.4. The summed E-state index contributed by atoms with van der Waals surface area (Å²) in [5, 5.41) is 7.56. The van der Waals surface area contributed by atoms with E-state index in [1.165, 1.54) is 0 Å². The van der Waals surface area contributed by atoms with E-state index in [4.69, 9.17) is 13.8 Å². The lowest BCUT2D eigenvalue weighted by Crippen LogP contribution is -2.31. The Morgan fingerprint density at radius 3 is 2.83 bits per heavy atom. The van der Waals surface area contributed by atoms with Crippen molar-refractivity contribution in [2.45, 2.75) is 38.9 Å². The first-order valence-electron chi connectivity index (χ1n) is 7.75. The van der Waals surface area contributed by atoms with Gasteiger partial charge in [-0.3, -0.25) is 4.79 Å². The number of amides is 1. The molecule has 0 aliphatic carbocycles. The summed E-state index contributed by atoms with van der Waals surface area (Å²) in [7, 11) is 0. The molecular weight excluding hydrogens is 300 g/mol. The van der Waals surface area contributed by atoms with Crippen LogP contribution in [0.1, 0.15) is 34.4 Å². The van der Waals surface area contributed by atoms with Crippen molar-refractivity contribution in [3.63, 3.8) is 0 Å². The second kappa shape index (κ2) is 5.45. The number of carbonyl (C=O) groups excluding carboxylic acids is 1. The number of ether oxygens (including phenoxy) is 1. The zero-order chi connectivity index (χ0) is 16.0. The van der Waals surface area contributed by atoms with E-state index in [-0.39, 0.29) is 18.1 Å². The van der Waals surface area contributed by atoms with E-state index in [1.54, 1.807) is 24.8 Å². The van der Waals surface area contributed by atoms with Crippen LogP contribution >= 0.6 is 0 Å². The van der Waals surface area contributed by atoms with Gasteiger partial charge < -0.3 is 18.7 Å². The van der Waals surface area contributed by atoms with Crippen LogP contribution in [0, 0.1) is 19.8 Å². The molecule has 122 valence electrons. The molecule has 0 radical (unpaired) electrons. The van der Waals surface area contributed by atoms with Gasteiger partial charge in [0.25, 0.3) is 5.91 Å². The lowest BCUT2D eigenvalue weighted by molar-refractivity contribution is 0.0322. The molecule has 0 N–H and O–H groups in total. The van der Waals surface area contributed by atoms with Crippen LogP contribution < -0.4 is 0 Å². The molecule has 2 aliphatic rings. The molecule has 1 amide bonds. The maximum Gasteiger partial charge on any atom is 0.292 e. The molecule has 2 fully saturated rings. The van der Waals surface area contributed by atoms with Gasteiger partial charge in [0.1, 0.15) is 0 Å². The smallest absolute Gasteiger partial charge is 0.292 e. The fraction of sp³-hybridized carbons (Fsp3) is 0.600. The van der Waals surface area contributed by atoms with Gasteiger partial charge in [0.15, 0.2) is 5.82 Å². The third-order valence-electron chi connectivity index (χ3n) is 4.41. The van der Waals surface area contributed by atoms with Gasteiger partial charge in [0.05, 0.1) is 24.3 Å². The van der Waals surface area contributed by atoms with Gasteiger partial charge in [-0.05, 0) is 20.3 Å². The standard InChI is InChI=1S/C15H18N4O4/c1-8-3-12(22-17-8)15(20)19-6-10-4-11(21-13(10)7-19)5-14-16-9(2)18-23-14/h3,10-11,13H,4-7H2,1-2H3/t10-,11-,13+/m0/s1. The molecule has 0 aromatic carbocycles. The summed E-state index contributed by atoms with van der Waals surface area (Å²) in [6, 6.07) is 1.66. The lowest BCUT2D eigenvalue weighted by Gasteiger charge is -2.17. The molecule has 3 atom stereocenters. The van der Waals surface area contributed by atoms with Crippen LogP contribution in [0.5, 0.6) is 0 Å². The molecule has 2 aromatic heterocycles. The van der Waals surface area contributed by atoms with Crippen molar-refractivity contribution in [2.75, 3.05) is 13.1 Å². The predicted molar refractivity (Wildman–Crippen MR) is 76.7 cm³/mol. The van der Waals surface area contributed by atoms with E-state index in [9.17, 15) is 4.79 Å². The summed E-state index contributed by atoms with van der Waals surface area (Å²) in [5.74, 6) is 1.76. The van der Waals surface area contributed by atoms with E-state index < -0.39 is 0 Å². The average Bonchev–Trinajstić information content (AvgIpc) is 3.23. The Bertz CT molecular complexity index is 711. The van der Waals surface area contributed by atoms with Crippen LogP contribution in [0.3, 0.4) is 0 Å². The molecule has 2 aromatic rings. The zero-order valence-corrected chi connectivity index (χ0v) is 13.1. The van der Waals surface area contributed by atoms with E-state index in [0.717, 1.165) is 6.42 Å². The molecule has 8 heteroatoms. The summed E-state index contributed by atoms with van der Waals surface area (Å²) < 4.78 is 16.2. The predicted octanol–water partition coefficient (Wildman–Crippen LogP) is 1.15. The summed E-state index contributed by atoms with van der Waals surface area (Å²) in [6.07, 6.45) is 1.67. The highest BCUT2D eigenvalue weighted by Crippen LogP contribution is 2.34. The van der Waals surface area contributed by atoms with Gasteiger partial charge >= 0.3 is 0 Å². The van der Waals surface area contributed by atoms with Crippen LogP contribution in [-0.4, -0.2) is 51.4 Å². The first kappa shape index (κ1) is 14.4. The SMILES string of the molecule is Cc1cc(C(=O)N2C[C@@H]3C[C@@H](Cc4nc(C)no4)O[C@@H]3C2)on1. The Labute approximate surface area is 132 Å². The zero-order valence-electron chi connectivity index (χ0n) is 13.1. The normalized spacial score (nSPS) is 26.7. The minimum absolute atomic E-state index is 0.0667. The highest BCUT2D eigenvalue weighted by atomic mass is 16.5. The number of likely N-dealkylation sites (tertiary alicyclic amines) is 1. The second-order valence-corrected chi connectivity index (χ2v) is 6.27. The van der Waals surface area contributed by atoms with Crippen molar-refractivity contribution in [1.29, 1.82) is 0 Å². The molecular formula is C15H18N4O4. The lowest BCUT2D eigenvalue weighted by atomic mass is 10.0. The summed E-state index contributed by atoms with van der Waals surface area (Å²) in [5.41, 5.74) is 0.707. The Morgan fingerprint density at radius 1 is 1.30 bits per heavy atom. The van der Waals surface area contributed by atoms with E-state index >= 15 is 0 Å². The first-order chi connectivity index (χ1) is 11.1. The molecule has 0 spiro atoms. The quantitative estimate of drug-likeness (QED) is 0.837. The van der Waals surface area contributed by atoms with Crippen LogP contribution in [0.15, 0.2) is 15.1 Å². The van der Waals surface area contributed by atoms with Gasteiger partial charge in [0, 0.05) is 25.1 Å². The minimum atomic E-state index is -0.118. The van der Waals surface area contributed by atoms with Crippen LogP contribution in [0.2, 0.25) is 0 Å². The van der Waals surface area contributed by atoms with Crippen molar-refractivity contribution in [3.8, 4) is 0 Å². The summed E-state index contributed by atoms with van der Waals surface area (Å²) in [4.78, 5) is 18.4. The van der Waals surface area contributed by atoms with Crippen molar-refractivity contribution >= 4 is 5.91 Å². The Balaban J connectivity index is 1.35. The molecule has 0 unspecified atom stereocenters. The number of fused-ring (bicyclic) bond motifs is 1. The van der Waals surface area contributed by atoms with Gasteiger partial charge in [-0.1, -0.05) is 10.3 Å². The molecule has 0 saturated carbocycles. The van der Waals surface area contributed by atoms with Crippen molar-refractivity contribution in [1.82, 2.24) is 20.2 Å². The monoisotopic (exact) mass is 318 g/mol. The number of aryl methyl sites for hydroxylation is 2. The van der Waals surface area contributed by atoms with Crippen LogP contribution in [0.25, 0.3) is 0 Å². The molecule has 23 heavy (non-hydrogen) atoms. The topological polar surface area (TPSA) is 94.5 Å². The van der Waals surface area contributed by atoms with Gasteiger partial charge in [-0.25, -0.2) is 0 Å². The van der Waals surface area contributed by atoms with Crippen LogP contribution in [0.4, 0.5) is 0 Å². The highest BCUT2D eigenvalue weighted by Gasteiger charge is 2.44. The van der Waals surface area contributed by atoms with Gasteiger partial charge in [-0.2, -0.15) is 4.98 Å². The highest BCUT2D eigenvalue weighted by molar-refractivity contribution is 5.91. The first-order valence-corrected chi connectivity index (χ1v) is 7.75. The number of hydrogen-bond acceptors (Lipinski definition) is 7. The van der Waals surface area contributed by atoms with E-state index in [1.807, 2.05) is 0 Å². The third-order valence-corrected chi connectivity index (χ3v) is 4.41. The Kier molecular flexibility index (Phi) is 3.41. The van der Waals surface area contributed by atoms with Gasteiger partial charge in [0.2, 0.25) is 11.7 Å². The fourth-order valence-corrected chi connectivity index (χ4v) is 3.40. The van der Waals surface area contributed by atoms with E-state index in [0.29, 0.717) is 48.6 Å². The molecule has 2 aliphatic heterocycles. The maximum atomic E-state index is 12.4. The molecule has 0 bridgehead atoms. The molecule has 2 saturated heterocycles. The Morgan fingerprint density at radius 2 is 2.17 bits per heavy atom. The van der Waals surface area contributed by atoms with Crippen molar-refractivity contribution in [2.24, 2.45) is 5.92 Å². The number of hydrogen-bond donors (Lipinski definition) is 0. The second-order valence-electron chi connectivity index (χ2n) is 6.27. The molecule has 4 heterocycles. The number of rotatable bonds is 3. The molecule has 4 rings (SSSR count). The average molecular weight is 318 g/mol. The van der Waals surface area contributed by atoms with Crippen LogP contribution in [-0.2, 0) is 11.2 Å². The summed E-state index contributed by atoms with van der Waals surface area (Å²) in [6.45, 7) is 4.86. The number of nitrogens with zero attached hydrogens (tertiary/aromatic N) is 4. The minimum Gasteiger partial charge on any atom is -0.372 e. The summed E-state index contributed by atoms with van der Waals surface area (Å²) >= 11 is 0. The number of aromatic nitrogens is 3. The largest absolute Gasteiger partial charge is 0.372 e. The molecule has 8 nitrogen and oxygen atoms in total. The number of carbonyl (C=O) groups is 1. The van der Waals surface area contributed by atoms with E-state index in [2.05, 4.69) is 15.3 Å². The fourth-order valence-electron chi connectivity index (χ4n) is 3.40. The van der Waals surface area contributed by atoms with Crippen molar-refractivity contribution in [3.05, 3.63) is 29.2 Å². The Hall–Kier alpha value is -2.22. The van der Waals surface area contributed by atoms with Gasteiger partial charge in [-0.15, -0.1) is 0 Å².